The van der Waals surface area contributed by atoms with Gasteiger partial charge in [-0.25, -0.2) is 0 Å². The fourth-order valence-corrected chi connectivity index (χ4v) is 1.73. The third kappa shape index (κ3) is 1.56. The molecule has 0 radical (unpaired) electrons. The maximum atomic E-state index is 11.8. The van der Waals surface area contributed by atoms with Crippen molar-refractivity contribution in [1.82, 2.24) is 4.57 Å². The molecule has 3 heteroatoms. The first kappa shape index (κ1) is 9.65. The normalized spacial score (nSPS) is 10.5. The second-order valence-electron chi connectivity index (χ2n) is 3.46. The largest absolute Gasteiger partial charge is 0.311 e. The molecule has 0 N–H and O–H groups in total. The highest BCUT2D eigenvalue weighted by molar-refractivity contribution is 5.80. The van der Waals surface area contributed by atoms with Crippen LogP contribution in [-0.4, -0.2) is 10.9 Å². The molecule has 15 heavy (non-hydrogen) atoms. The highest BCUT2D eigenvalue weighted by atomic mass is 16.1. The standard InChI is InChI=1S/C12H11NO2/c1-13-11-5-3-2-4-9(11)8-10(6-7-14)12(13)15/h2-5,7-8H,6H2,1H3. The number of aryl methyl sites for hydroxylation is 1. The summed E-state index contributed by atoms with van der Waals surface area (Å²) in [5.74, 6) is 0. The van der Waals surface area contributed by atoms with Gasteiger partial charge in [0, 0.05) is 19.0 Å². The Hall–Kier alpha value is -1.90. The molecule has 0 bridgehead atoms. The van der Waals surface area contributed by atoms with Crippen molar-refractivity contribution in [2.75, 3.05) is 0 Å². The number of rotatable bonds is 2. The molecular formula is C12H11NO2. The van der Waals surface area contributed by atoms with Gasteiger partial charge in [-0.3, -0.25) is 4.79 Å². The van der Waals surface area contributed by atoms with Gasteiger partial charge in [0.15, 0.2) is 0 Å². The lowest BCUT2D eigenvalue weighted by Gasteiger charge is -2.06. The smallest absolute Gasteiger partial charge is 0.254 e. The second-order valence-corrected chi connectivity index (χ2v) is 3.46. The van der Waals surface area contributed by atoms with Crippen LogP contribution in [0.2, 0.25) is 0 Å². The van der Waals surface area contributed by atoms with E-state index < -0.39 is 0 Å². The Balaban J connectivity index is 2.82. The summed E-state index contributed by atoms with van der Waals surface area (Å²) >= 11 is 0. The van der Waals surface area contributed by atoms with Gasteiger partial charge >= 0.3 is 0 Å². The lowest BCUT2D eigenvalue weighted by atomic mass is 10.1. The zero-order valence-corrected chi connectivity index (χ0v) is 8.43. The molecular weight excluding hydrogens is 190 g/mol. The molecule has 0 amide bonds. The van der Waals surface area contributed by atoms with Crippen LogP contribution in [0.25, 0.3) is 10.9 Å². The average Bonchev–Trinajstić information content (AvgIpc) is 2.26. The van der Waals surface area contributed by atoms with Crippen molar-refractivity contribution < 1.29 is 4.79 Å². The van der Waals surface area contributed by atoms with Crippen molar-refractivity contribution >= 4 is 17.2 Å². The number of nitrogens with zero attached hydrogens (tertiary/aromatic N) is 1. The molecule has 0 fully saturated rings. The molecule has 1 aromatic heterocycles. The Bertz CT molecular complexity index is 569. The van der Waals surface area contributed by atoms with Crippen LogP contribution in [0.4, 0.5) is 0 Å². The molecule has 0 saturated carbocycles. The maximum Gasteiger partial charge on any atom is 0.254 e. The van der Waals surface area contributed by atoms with Crippen LogP contribution in [0.3, 0.4) is 0 Å². The van der Waals surface area contributed by atoms with E-state index in [0.29, 0.717) is 5.56 Å². The van der Waals surface area contributed by atoms with Crippen molar-refractivity contribution in [3.05, 3.63) is 46.2 Å². The number of fused-ring (bicyclic) bond motifs is 1. The van der Waals surface area contributed by atoms with Gasteiger partial charge in [-0.05, 0) is 17.5 Å². The van der Waals surface area contributed by atoms with Crippen LogP contribution in [0.15, 0.2) is 35.1 Å². The van der Waals surface area contributed by atoms with E-state index in [1.807, 2.05) is 24.3 Å². The molecule has 0 aliphatic rings. The number of carbonyl (C=O) groups is 1. The summed E-state index contributed by atoms with van der Waals surface area (Å²) in [6, 6.07) is 9.41. The first-order valence-corrected chi connectivity index (χ1v) is 4.75. The lowest BCUT2D eigenvalue weighted by Crippen LogP contribution is -2.21. The number of hydrogen-bond acceptors (Lipinski definition) is 2. The fourth-order valence-electron chi connectivity index (χ4n) is 1.73. The van der Waals surface area contributed by atoms with Crippen molar-refractivity contribution in [2.24, 2.45) is 7.05 Å². The molecule has 0 aliphatic carbocycles. The Labute approximate surface area is 87.0 Å². The van der Waals surface area contributed by atoms with E-state index in [1.165, 1.54) is 0 Å². The van der Waals surface area contributed by atoms with Crippen molar-refractivity contribution in [3.8, 4) is 0 Å². The lowest BCUT2D eigenvalue weighted by molar-refractivity contribution is -0.107. The second kappa shape index (κ2) is 3.69. The van der Waals surface area contributed by atoms with Crippen molar-refractivity contribution in [1.29, 1.82) is 0 Å². The van der Waals surface area contributed by atoms with Gasteiger partial charge in [0.25, 0.3) is 5.56 Å². The van der Waals surface area contributed by atoms with E-state index in [-0.39, 0.29) is 12.0 Å². The number of aldehydes is 1. The Kier molecular flexibility index (Phi) is 2.37. The van der Waals surface area contributed by atoms with Crippen LogP contribution >= 0.6 is 0 Å². The molecule has 0 atom stereocenters. The Morgan fingerprint density at radius 1 is 1.33 bits per heavy atom. The molecule has 0 aliphatic heterocycles. The molecule has 0 spiro atoms. The number of carbonyl (C=O) groups excluding carboxylic acids is 1. The van der Waals surface area contributed by atoms with E-state index in [0.717, 1.165) is 17.2 Å². The minimum atomic E-state index is -0.0965. The van der Waals surface area contributed by atoms with Gasteiger partial charge in [-0.1, -0.05) is 18.2 Å². The van der Waals surface area contributed by atoms with Gasteiger partial charge in [0.05, 0.1) is 5.52 Å². The summed E-state index contributed by atoms with van der Waals surface area (Å²) in [4.78, 5) is 22.2. The molecule has 3 nitrogen and oxygen atoms in total. The maximum absolute atomic E-state index is 11.8. The first-order chi connectivity index (χ1) is 7.24. The van der Waals surface area contributed by atoms with Crippen LogP contribution in [-0.2, 0) is 18.3 Å². The summed E-state index contributed by atoms with van der Waals surface area (Å²) in [6.07, 6.45) is 0.934. The summed E-state index contributed by atoms with van der Waals surface area (Å²) in [5.41, 5.74) is 1.34. The topological polar surface area (TPSA) is 39.1 Å². The molecule has 1 aromatic carbocycles. The Morgan fingerprint density at radius 3 is 2.80 bits per heavy atom. The molecule has 0 unspecified atom stereocenters. The number of hydrogen-bond donors (Lipinski definition) is 0. The quantitative estimate of drug-likeness (QED) is 0.686. The number of benzene rings is 1. The van der Waals surface area contributed by atoms with Crippen LogP contribution in [0, 0.1) is 0 Å². The number of pyridine rings is 1. The third-order valence-corrected chi connectivity index (χ3v) is 2.51. The summed E-state index contributed by atoms with van der Waals surface area (Å²) < 4.78 is 1.58. The summed E-state index contributed by atoms with van der Waals surface area (Å²) in [5, 5.41) is 0.983. The van der Waals surface area contributed by atoms with E-state index in [1.54, 1.807) is 17.7 Å². The average molecular weight is 201 g/mol. The zero-order valence-electron chi connectivity index (χ0n) is 8.43. The number of para-hydroxylation sites is 1. The van der Waals surface area contributed by atoms with Crippen LogP contribution in [0.1, 0.15) is 5.56 Å². The third-order valence-electron chi connectivity index (χ3n) is 2.51. The number of aromatic nitrogens is 1. The molecule has 0 saturated heterocycles. The van der Waals surface area contributed by atoms with Crippen LogP contribution in [0.5, 0.6) is 0 Å². The van der Waals surface area contributed by atoms with E-state index in [4.69, 9.17) is 0 Å². The van der Waals surface area contributed by atoms with Gasteiger partial charge in [-0.15, -0.1) is 0 Å². The predicted octanol–water partition coefficient (Wildman–Crippen LogP) is 1.28. The van der Waals surface area contributed by atoms with Crippen molar-refractivity contribution in [2.45, 2.75) is 6.42 Å². The monoisotopic (exact) mass is 201 g/mol. The van der Waals surface area contributed by atoms with E-state index >= 15 is 0 Å². The summed E-state index contributed by atoms with van der Waals surface area (Å²) in [6.45, 7) is 0. The van der Waals surface area contributed by atoms with Gasteiger partial charge in [0.2, 0.25) is 0 Å². The van der Waals surface area contributed by atoms with Gasteiger partial charge in [-0.2, -0.15) is 0 Å². The Morgan fingerprint density at radius 2 is 2.07 bits per heavy atom. The van der Waals surface area contributed by atoms with Gasteiger partial charge in [0.1, 0.15) is 6.29 Å². The molecule has 2 rings (SSSR count). The SMILES string of the molecule is Cn1c(=O)c(CC=O)cc2ccccc21. The minimum Gasteiger partial charge on any atom is -0.311 e. The molecule has 2 aromatic rings. The first-order valence-electron chi connectivity index (χ1n) is 4.75. The highest BCUT2D eigenvalue weighted by Crippen LogP contribution is 2.11. The van der Waals surface area contributed by atoms with Crippen LogP contribution < -0.4 is 5.56 Å². The van der Waals surface area contributed by atoms with E-state index in [2.05, 4.69) is 0 Å². The zero-order chi connectivity index (χ0) is 10.8. The van der Waals surface area contributed by atoms with Crippen molar-refractivity contribution in [3.63, 3.8) is 0 Å². The fraction of sp³-hybridized carbons (Fsp3) is 0.167. The molecule has 76 valence electrons. The highest BCUT2D eigenvalue weighted by Gasteiger charge is 2.04. The van der Waals surface area contributed by atoms with E-state index in [9.17, 15) is 9.59 Å². The minimum absolute atomic E-state index is 0.0965. The molecule has 1 heterocycles. The van der Waals surface area contributed by atoms with Gasteiger partial charge < -0.3 is 9.36 Å². The predicted molar refractivity (Wildman–Crippen MR) is 59.0 cm³/mol. The summed E-state index contributed by atoms with van der Waals surface area (Å²) in [7, 11) is 1.72.